The lowest BCUT2D eigenvalue weighted by Gasteiger charge is -2.26. The number of para-hydroxylation sites is 1. The van der Waals surface area contributed by atoms with Crippen LogP contribution in [0.1, 0.15) is 24.1 Å². The Kier molecular flexibility index (Phi) is 4.62. The van der Waals surface area contributed by atoms with Gasteiger partial charge >= 0.3 is 0 Å². The summed E-state index contributed by atoms with van der Waals surface area (Å²) in [7, 11) is 0. The van der Waals surface area contributed by atoms with Crippen molar-refractivity contribution in [3.05, 3.63) is 102 Å². The van der Waals surface area contributed by atoms with Crippen molar-refractivity contribution in [3.63, 3.8) is 0 Å². The number of fused-ring (bicyclic) bond motifs is 1. The molecule has 0 spiro atoms. The van der Waals surface area contributed by atoms with Crippen molar-refractivity contribution in [2.24, 2.45) is 11.0 Å². The number of hydrogen-bond donors (Lipinski definition) is 0. The summed E-state index contributed by atoms with van der Waals surface area (Å²) in [6, 6.07) is 23.5. The molecule has 5 rings (SSSR count). The first kappa shape index (κ1) is 19.2. The van der Waals surface area contributed by atoms with Gasteiger partial charge in [-0.3, -0.25) is 19.5 Å². The number of nitrogens with zero attached hydrogens (tertiary/aromatic N) is 3. The SMILES string of the molecule is C[C@H](c1ccccc1)N1C(=O)[C@H]2C(c3ccc(F)cc3)=NN(c3ccccc3)[C@H]2C1=O. The molecule has 0 aromatic heterocycles. The Bertz CT molecular complexity index is 1160. The van der Waals surface area contributed by atoms with Crippen LogP contribution in [0.15, 0.2) is 90.0 Å². The first-order valence-corrected chi connectivity index (χ1v) is 10.2. The molecular formula is C25H20FN3O2. The average Bonchev–Trinajstić information content (AvgIpc) is 3.32. The van der Waals surface area contributed by atoms with E-state index in [0.29, 0.717) is 11.3 Å². The third-order valence-corrected chi connectivity index (χ3v) is 5.91. The molecule has 6 heteroatoms. The predicted molar refractivity (Wildman–Crippen MR) is 116 cm³/mol. The van der Waals surface area contributed by atoms with E-state index in [4.69, 9.17) is 0 Å². The molecule has 2 aliphatic rings. The van der Waals surface area contributed by atoms with Gasteiger partial charge in [-0.1, -0.05) is 60.7 Å². The number of imide groups is 1. The Balaban J connectivity index is 1.59. The minimum atomic E-state index is -0.763. The summed E-state index contributed by atoms with van der Waals surface area (Å²) in [5.74, 6) is -1.68. The average molecular weight is 413 g/mol. The number of likely N-dealkylation sites (tertiary alicyclic amines) is 1. The standard InChI is InChI=1S/C25H20FN3O2/c1-16(17-8-4-2-5-9-17)28-24(30)21-22(18-12-14-19(26)15-13-18)27-29(23(21)25(28)31)20-10-6-3-7-11-20/h2-16,21,23H,1H3/t16-,21+,23-/m1/s1. The van der Waals surface area contributed by atoms with Crippen LogP contribution in [0.5, 0.6) is 0 Å². The van der Waals surface area contributed by atoms with E-state index < -0.39 is 18.0 Å². The van der Waals surface area contributed by atoms with Crippen molar-refractivity contribution in [2.45, 2.75) is 19.0 Å². The maximum atomic E-state index is 13.6. The molecule has 0 aliphatic carbocycles. The van der Waals surface area contributed by atoms with Gasteiger partial charge in [0.25, 0.3) is 5.91 Å². The van der Waals surface area contributed by atoms with Gasteiger partial charge in [-0.25, -0.2) is 4.39 Å². The van der Waals surface area contributed by atoms with Crippen LogP contribution in [0.3, 0.4) is 0 Å². The van der Waals surface area contributed by atoms with Crippen molar-refractivity contribution in [3.8, 4) is 0 Å². The van der Waals surface area contributed by atoms with Gasteiger partial charge in [0.2, 0.25) is 5.91 Å². The third-order valence-electron chi connectivity index (χ3n) is 5.91. The molecule has 3 aromatic rings. The molecule has 1 saturated heterocycles. The second-order valence-corrected chi connectivity index (χ2v) is 7.73. The lowest BCUT2D eigenvalue weighted by Crippen LogP contribution is -2.40. The highest BCUT2D eigenvalue weighted by molar-refractivity contribution is 6.25. The highest BCUT2D eigenvalue weighted by atomic mass is 19.1. The van der Waals surface area contributed by atoms with Gasteiger partial charge in [-0.2, -0.15) is 5.10 Å². The summed E-state index contributed by atoms with van der Waals surface area (Å²) >= 11 is 0. The summed E-state index contributed by atoms with van der Waals surface area (Å²) < 4.78 is 13.5. The molecule has 1 fully saturated rings. The quantitative estimate of drug-likeness (QED) is 0.604. The van der Waals surface area contributed by atoms with E-state index in [1.54, 1.807) is 17.1 Å². The van der Waals surface area contributed by atoms with Crippen LogP contribution >= 0.6 is 0 Å². The molecule has 5 nitrogen and oxygen atoms in total. The molecule has 2 aliphatic heterocycles. The minimum absolute atomic E-state index is 0.281. The lowest BCUT2D eigenvalue weighted by molar-refractivity contribution is -0.141. The van der Waals surface area contributed by atoms with E-state index >= 15 is 0 Å². The number of carbonyl (C=O) groups excluding carboxylic acids is 2. The second-order valence-electron chi connectivity index (χ2n) is 7.73. The summed E-state index contributed by atoms with van der Waals surface area (Å²) in [6.45, 7) is 1.85. The van der Waals surface area contributed by atoms with E-state index in [2.05, 4.69) is 5.10 Å². The lowest BCUT2D eigenvalue weighted by atomic mass is 9.93. The first-order chi connectivity index (χ1) is 15.1. The molecule has 0 bridgehead atoms. The first-order valence-electron chi connectivity index (χ1n) is 10.2. The molecule has 0 saturated carbocycles. The largest absolute Gasteiger partial charge is 0.274 e. The summed E-state index contributed by atoms with van der Waals surface area (Å²) in [6.07, 6.45) is 0. The van der Waals surface area contributed by atoms with Crippen molar-refractivity contribution in [1.82, 2.24) is 4.90 Å². The molecule has 0 radical (unpaired) electrons. The van der Waals surface area contributed by atoms with Gasteiger partial charge in [-0.15, -0.1) is 0 Å². The van der Waals surface area contributed by atoms with Crippen LogP contribution in [-0.4, -0.2) is 28.5 Å². The van der Waals surface area contributed by atoms with Crippen molar-refractivity contribution < 1.29 is 14.0 Å². The van der Waals surface area contributed by atoms with Crippen LogP contribution in [0, 0.1) is 11.7 Å². The number of hydrazone groups is 1. The van der Waals surface area contributed by atoms with Crippen LogP contribution in [0.2, 0.25) is 0 Å². The highest BCUT2D eigenvalue weighted by Gasteiger charge is 2.58. The minimum Gasteiger partial charge on any atom is -0.274 e. The Morgan fingerprint density at radius 3 is 2.10 bits per heavy atom. The van der Waals surface area contributed by atoms with Crippen molar-refractivity contribution >= 4 is 23.2 Å². The molecule has 31 heavy (non-hydrogen) atoms. The predicted octanol–water partition coefficient (Wildman–Crippen LogP) is 4.16. The van der Waals surface area contributed by atoms with E-state index in [0.717, 1.165) is 11.3 Å². The fourth-order valence-corrected chi connectivity index (χ4v) is 4.35. The number of amides is 2. The maximum absolute atomic E-state index is 13.6. The number of hydrogen-bond acceptors (Lipinski definition) is 4. The molecule has 0 unspecified atom stereocenters. The van der Waals surface area contributed by atoms with Crippen LogP contribution < -0.4 is 5.01 Å². The monoisotopic (exact) mass is 413 g/mol. The van der Waals surface area contributed by atoms with Gasteiger partial charge in [0, 0.05) is 0 Å². The molecule has 3 atom stereocenters. The van der Waals surface area contributed by atoms with E-state index in [9.17, 15) is 14.0 Å². The molecular weight excluding hydrogens is 393 g/mol. The summed E-state index contributed by atoms with van der Waals surface area (Å²) in [4.78, 5) is 28.5. The zero-order valence-corrected chi connectivity index (χ0v) is 16.9. The highest BCUT2D eigenvalue weighted by Crippen LogP contribution is 2.40. The Labute approximate surface area is 179 Å². The molecule has 3 aromatic carbocycles. The molecule has 2 heterocycles. The number of benzene rings is 3. The number of anilines is 1. The molecule has 0 N–H and O–H groups in total. The maximum Gasteiger partial charge on any atom is 0.255 e. The fourth-order valence-electron chi connectivity index (χ4n) is 4.35. The van der Waals surface area contributed by atoms with Crippen LogP contribution in [0.4, 0.5) is 10.1 Å². The Morgan fingerprint density at radius 2 is 1.45 bits per heavy atom. The van der Waals surface area contributed by atoms with E-state index in [1.165, 1.54) is 17.0 Å². The Morgan fingerprint density at radius 1 is 0.839 bits per heavy atom. The van der Waals surface area contributed by atoms with Gasteiger partial charge < -0.3 is 0 Å². The van der Waals surface area contributed by atoms with Gasteiger partial charge in [0.1, 0.15) is 17.8 Å². The van der Waals surface area contributed by atoms with Gasteiger partial charge in [0.15, 0.2) is 0 Å². The summed E-state index contributed by atoms with van der Waals surface area (Å²) in [5, 5.41) is 6.30. The molecule has 2 amide bonds. The smallest absolute Gasteiger partial charge is 0.255 e. The van der Waals surface area contributed by atoms with Crippen LogP contribution in [-0.2, 0) is 9.59 Å². The van der Waals surface area contributed by atoms with Crippen LogP contribution in [0.25, 0.3) is 0 Å². The fraction of sp³-hybridized carbons (Fsp3) is 0.160. The second kappa shape index (κ2) is 7.47. The normalized spacial score (nSPS) is 21.3. The van der Waals surface area contributed by atoms with E-state index in [1.807, 2.05) is 67.6 Å². The summed E-state index contributed by atoms with van der Waals surface area (Å²) in [5.41, 5.74) is 2.72. The zero-order valence-electron chi connectivity index (χ0n) is 16.9. The number of rotatable bonds is 4. The van der Waals surface area contributed by atoms with Gasteiger partial charge in [0.05, 0.1) is 17.4 Å². The van der Waals surface area contributed by atoms with Gasteiger partial charge in [-0.05, 0) is 42.3 Å². The van der Waals surface area contributed by atoms with Crippen molar-refractivity contribution in [1.29, 1.82) is 0 Å². The van der Waals surface area contributed by atoms with E-state index in [-0.39, 0.29) is 17.6 Å². The molecule has 154 valence electrons. The number of carbonyl (C=O) groups is 2. The number of halogens is 1. The topological polar surface area (TPSA) is 53.0 Å². The Hall–Kier alpha value is -3.80. The van der Waals surface area contributed by atoms with Crippen molar-refractivity contribution in [2.75, 3.05) is 5.01 Å². The third kappa shape index (κ3) is 3.11. The zero-order chi connectivity index (χ0) is 21.5.